The number of nitrogens with two attached hydrogens (primary N) is 1. The van der Waals surface area contributed by atoms with Crippen LogP contribution in [0, 0.1) is 0 Å². The van der Waals surface area contributed by atoms with Crippen molar-refractivity contribution in [2.45, 2.75) is 38.4 Å². The Kier molecular flexibility index (Phi) is 6.28. The molecule has 1 rings (SSSR count). The lowest BCUT2D eigenvalue weighted by Crippen LogP contribution is -2.44. The quantitative estimate of drug-likeness (QED) is 0.790. The summed E-state index contributed by atoms with van der Waals surface area (Å²) in [5.74, 6) is 0.841. The minimum absolute atomic E-state index is 0.00435. The van der Waals surface area contributed by atoms with Crippen molar-refractivity contribution >= 4 is 0 Å². The normalized spacial score (nSPS) is 16.2. The second-order valence-electron chi connectivity index (χ2n) is 4.96. The van der Waals surface area contributed by atoms with Gasteiger partial charge in [0.25, 0.3) is 0 Å². The number of rotatable bonds is 7. The second-order valence-corrected chi connectivity index (χ2v) is 4.96. The van der Waals surface area contributed by atoms with Gasteiger partial charge < -0.3 is 15.6 Å². The highest BCUT2D eigenvalue weighted by Gasteiger charge is 2.28. The Hall–Kier alpha value is -1.10. The standard InChI is InChI=1S/C15H26N2O2/c1-5-13(16)15(17(3)11(2)10-18)12-8-6-7-9-14(12)19-4/h6-9,11,13,15,18H,5,10,16H2,1-4H3. The third-order valence-corrected chi connectivity index (χ3v) is 3.73. The molecule has 3 unspecified atom stereocenters. The zero-order valence-corrected chi connectivity index (χ0v) is 12.3. The molecule has 0 radical (unpaired) electrons. The number of aliphatic hydroxyl groups excluding tert-OH is 1. The highest BCUT2D eigenvalue weighted by atomic mass is 16.5. The summed E-state index contributed by atoms with van der Waals surface area (Å²) in [5, 5.41) is 9.37. The van der Waals surface area contributed by atoms with Crippen LogP contribution in [-0.2, 0) is 0 Å². The average Bonchev–Trinajstić information content (AvgIpc) is 2.46. The molecule has 19 heavy (non-hydrogen) atoms. The molecule has 0 aromatic heterocycles. The summed E-state index contributed by atoms with van der Waals surface area (Å²) in [6.07, 6.45) is 0.866. The Morgan fingerprint density at radius 3 is 2.53 bits per heavy atom. The van der Waals surface area contributed by atoms with Crippen molar-refractivity contribution in [1.82, 2.24) is 4.90 Å². The first-order chi connectivity index (χ1) is 9.06. The maximum absolute atomic E-state index is 9.37. The van der Waals surface area contributed by atoms with Gasteiger partial charge in [-0.3, -0.25) is 4.90 Å². The van der Waals surface area contributed by atoms with Gasteiger partial charge in [0, 0.05) is 17.6 Å². The fourth-order valence-electron chi connectivity index (χ4n) is 2.29. The molecule has 4 heteroatoms. The third-order valence-electron chi connectivity index (χ3n) is 3.73. The molecule has 1 aromatic carbocycles. The second kappa shape index (κ2) is 7.48. The first-order valence-corrected chi connectivity index (χ1v) is 6.78. The van der Waals surface area contributed by atoms with E-state index in [9.17, 15) is 5.11 Å². The van der Waals surface area contributed by atoms with Crippen LogP contribution >= 0.6 is 0 Å². The molecule has 1 aromatic rings. The van der Waals surface area contributed by atoms with E-state index in [4.69, 9.17) is 10.5 Å². The van der Waals surface area contributed by atoms with Gasteiger partial charge in [0.15, 0.2) is 0 Å². The van der Waals surface area contributed by atoms with E-state index in [2.05, 4.69) is 11.8 Å². The number of nitrogens with zero attached hydrogens (tertiary/aromatic N) is 1. The maximum atomic E-state index is 9.37. The van der Waals surface area contributed by atoms with Crippen LogP contribution in [-0.4, -0.2) is 42.9 Å². The summed E-state index contributed by atoms with van der Waals surface area (Å²) in [5.41, 5.74) is 7.36. The summed E-state index contributed by atoms with van der Waals surface area (Å²) < 4.78 is 5.44. The molecule has 3 N–H and O–H groups in total. The van der Waals surface area contributed by atoms with E-state index in [0.29, 0.717) is 0 Å². The van der Waals surface area contributed by atoms with Crippen molar-refractivity contribution in [2.24, 2.45) is 5.73 Å². The highest BCUT2D eigenvalue weighted by molar-refractivity contribution is 5.36. The Labute approximate surface area is 116 Å². The van der Waals surface area contributed by atoms with Crippen LogP contribution in [0.2, 0.25) is 0 Å². The van der Waals surface area contributed by atoms with E-state index >= 15 is 0 Å². The number of hydrogen-bond donors (Lipinski definition) is 2. The Morgan fingerprint density at radius 1 is 1.37 bits per heavy atom. The molecular formula is C15H26N2O2. The first kappa shape index (κ1) is 16.0. The third kappa shape index (κ3) is 3.69. The number of aliphatic hydroxyl groups is 1. The predicted octanol–water partition coefficient (Wildman–Crippen LogP) is 1.79. The van der Waals surface area contributed by atoms with Crippen LogP contribution in [0.3, 0.4) is 0 Å². The predicted molar refractivity (Wildman–Crippen MR) is 78.3 cm³/mol. The van der Waals surface area contributed by atoms with E-state index in [1.807, 2.05) is 38.2 Å². The zero-order valence-electron chi connectivity index (χ0n) is 12.3. The van der Waals surface area contributed by atoms with Gasteiger partial charge in [-0.05, 0) is 26.5 Å². The van der Waals surface area contributed by atoms with E-state index in [1.165, 1.54) is 0 Å². The lowest BCUT2D eigenvalue weighted by atomic mass is 9.95. The van der Waals surface area contributed by atoms with Crippen molar-refractivity contribution in [1.29, 1.82) is 0 Å². The molecule has 0 bridgehead atoms. The number of ether oxygens (including phenoxy) is 1. The summed E-state index contributed by atoms with van der Waals surface area (Å²) in [6, 6.07) is 8.00. The van der Waals surface area contributed by atoms with Gasteiger partial charge in [0.1, 0.15) is 5.75 Å². The average molecular weight is 266 g/mol. The molecular weight excluding hydrogens is 240 g/mol. The SMILES string of the molecule is CCC(N)C(c1ccccc1OC)N(C)C(C)CO. The molecule has 0 saturated carbocycles. The van der Waals surface area contributed by atoms with E-state index in [1.54, 1.807) is 7.11 Å². The first-order valence-electron chi connectivity index (χ1n) is 6.78. The summed E-state index contributed by atoms with van der Waals surface area (Å²) >= 11 is 0. The van der Waals surface area contributed by atoms with Crippen LogP contribution in [0.15, 0.2) is 24.3 Å². The number of para-hydroxylation sites is 1. The monoisotopic (exact) mass is 266 g/mol. The van der Waals surface area contributed by atoms with Gasteiger partial charge in [0.2, 0.25) is 0 Å². The van der Waals surface area contributed by atoms with E-state index in [0.717, 1.165) is 17.7 Å². The van der Waals surface area contributed by atoms with Crippen molar-refractivity contribution in [3.8, 4) is 5.75 Å². The number of hydrogen-bond acceptors (Lipinski definition) is 4. The van der Waals surface area contributed by atoms with Gasteiger partial charge in [-0.1, -0.05) is 25.1 Å². The Bertz CT molecular complexity index is 384. The van der Waals surface area contributed by atoms with Crippen LogP contribution in [0.5, 0.6) is 5.75 Å². The van der Waals surface area contributed by atoms with Crippen LogP contribution in [0.4, 0.5) is 0 Å². The van der Waals surface area contributed by atoms with Crippen molar-refractivity contribution < 1.29 is 9.84 Å². The molecule has 0 aliphatic heterocycles. The van der Waals surface area contributed by atoms with Crippen molar-refractivity contribution in [2.75, 3.05) is 20.8 Å². The molecule has 0 fully saturated rings. The maximum Gasteiger partial charge on any atom is 0.123 e. The molecule has 108 valence electrons. The zero-order chi connectivity index (χ0) is 14.4. The molecule has 0 aliphatic carbocycles. The Balaban J connectivity index is 3.16. The largest absolute Gasteiger partial charge is 0.496 e. The van der Waals surface area contributed by atoms with Crippen LogP contribution in [0.25, 0.3) is 0 Å². The molecule has 4 nitrogen and oxygen atoms in total. The smallest absolute Gasteiger partial charge is 0.123 e. The molecule has 0 amide bonds. The summed E-state index contributed by atoms with van der Waals surface area (Å²) in [6.45, 7) is 4.17. The molecule has 3 atom stereocenters. The fraction of sp³-hybridized carbons (Fsp3) is 0.600. The molecule has 0 saturated heterocycles. The lowest BCUT2D eigenvalue weighted by molar-refractivity contribution is 0.104. The highest BCUT2D eigenvalue weighted by Crippen LogP contribution is 2.32. The van der Waals surface area contributed by atoms with Crippen LogP contribution in [0.1, 0.15) is 31.9 Å². The van der Waals surface area contributed by atoms with Gasteiger partial charge in [-0.15, -0.1) is 0 Å². The summed E-state index contributed by atoms with van der Waals surface area (Å²) in [4.78, 5) is 2.12. The lowest BCUT2D eigenvalue weighted by Gasteiger charge is -2.36. The molecule has 0 aliphatic rings. The molecule has 0 spiro atoms. The van der Waals surface area contributed by atoms with Gasteiger partial charge in [0.05, 0.1) is 19.8 Å². The number of methoxy groups -OCH3 is 1. The van der Waals surface area contributed by atoms with E-state index < -0.39 is 0 Å². The summed E-state index contributed by atoms with van der Waals surface area (Å²) in [7, 11) is 3.66. The van der Waals surface area contributed by atoms with E-state index in [-0.39, 0.29) is 24.7 Å². The molecule has 0 heterocycles. The minimum Gasteiger partial charge on any atom is -0.496 e. The van der Waals surface area contributed by atoms with Gasteiger partial charge in [-0.2, -0.15) is 0 Å². The van der Waals surface area contributed by atoms with Gasteiger partial charge in [-0.25, -0.2) is 0 Å². The topological polar surface area (TPSA) is 58.7 Å². The van der Waals surface area contributed by atoms with Crippen molar-refractivity contribution in [3.63, 3.8) is 0 Å². The minimum atomic E-state index is -0.00435. The number of benzene rings is 1. The van der Waals surface area contributed by atoms with Gasteiger partial charge >= 0.3 is 0 Å². The fourth-order valence-corrected chi connectivity index (χ4v) is 2.29. The Morgan fingerprint density at radius 2 is 2.00 bits per heavy atom. The van der Waals surface area contributed by atoms with Crippen LogP contribution < -0.4 is 10.5 Å². The van der Waals surface area contributed by atoms with Crippen molar-refractivity contribution in [3.05, 3.63) is 29.8 Å². The number of likely N-dealkylation sites (N-methyl/N-ethyl adjacent to an activating group) is 1.